The van der Waals surface area contributed by atoms with Crippen molar-refractivity contribution in [3.63, 3.8) is 0 Å². The Morgan fingerprint density at radius 3 is 2.80 bits per heavy atom. The highest BCUT2D eigenvalue weighted by Crippen LogP contribution is 2.32. The van der Waals surface area contributed by atoms with Gasteiger partial charge in [-0.3, -0.25) is 4.90 Å². The molecule has 0 bridgehead atoms. The Balaban J connectivity index is 1.70. The Hall–Kier alpha value is -1.63. The lowest BCUT2D eigenvalue weighted by Gasteiger charge is -2.41. The number of hydrogen-bond donors (Lipinski definition) is 0. The lowest BCUT2D eigenvalue weighted by molar-refractivity contribution is 0.0606. The Kier molecular flexibility index (Phi) is 5.93. The molecule has 7 heteroatoms. The molecule has 1 aliphatic heterocycles. The molecule has 3 rings (SSSR count). The van der Waals surface area contributed by atoms with Crippen LogP contribution in [0.15, 0.2) is 30.3 Å². The van der Waals surface area contributed by atoms with Gasteiger partial charge in [-0.1, -0.05) is 60.2 Å². The number of anilines is 1. The predicted molar refractivity (Wildman–Crippen MR) is 102 cm³/mol. The summed E-state index contributed by atoms with van der Waals surface area (Å²) in [6.45, 7) is 5.87. The number of hydrogen-bond acceptors (Lipinski definition) is 6. The number of halogens is 1. The van der Waals surface area contributed by atoms with Gasteiger partial charge in [0.15, 0.2) is 15.2 Å². The van der Waals surface area contributed by atoms with Crippen LogP contribution in [0.25, 0.3) is 0 Å². The van der Waals surface area contributed by atoms with Gasteiger partial charge in [-0.05, 0) is 12.0 Å². The first-order valence-corrected chi connectivity index (χ1v) is 9.59. The van der Waals surface area contributed by atoms with E-state index in [-0.39, 0.29) is 5.15 Å². The molecule has 1 aromatic heterocycles. The number of thiazole rings is 1. The van der Waals surface area contributed by atoms with Gasteiger partial charge in [-0.2, -0.15) is 0 Å². The molecular weight excluding hydrogens is 358 g/mol. The van der Waals surface area contributed by atoms with E-state index in [2.05, 4.69) is 46.0 Å². The number of methoxy groups -OCH3 is 1. The highest BCUT2D eigenvalue weighted by molar-refractivity contribution is 7.18. The molecule has 134 valence electrons. The second-order valence-corrected chi connectivity index (χ2v) is 7.41. The topological polar surface area (TPSA) is 45.7 Å². The molecule has 2 heterocycles. The monoisotopic (exact) mass is 379 g/mol. The second-order valence-electron chi connectivity index (χ2n) is 6.07. The summed E-state index contributed by atoms with van der Waals surface area (Å²) in [5.41, 5.74) is 1.33. The maximum atomic E-state index is 11.7. The first-order valence-electron chi connectivity index (χ1n) is 8.40. The van der Waals surface area contributed by atoms with Crippen LogP contribution in [0.4, 0.5) is 5.13 Å². The van der Waals surface area contributed by atoms with Crippen molar-refractivity contribution in [2.75, 3.05) is 31.6 Å². The van der Waals surface area contributed by atoms with E-state index in [0.29, 0.717) is 10.9 Å². The van der Waals surface area contributed by atoms with Gasteiger partial charge in [-0.15, -0.1) is 0 Å². The van der Waals surface area contributed by atoms with Gasteiger partial charge >= 0.3 is 5.97 Å². The molecule has 0 radical (unpaired) electrons. The first-order chi connectivity index (χ1) is 12.1. The maximum Gasteiger partial charge on any atom is 0.351 e. The van der Waals surface area contributed by atoms with E-state index in [0.717, 1.165) is 37.7 Å². The normalized spacial score (nSPS) is 18.4. The number of esters is 1. The van der Waals surface area contributed by atoms with E-state index in [1.165, 1.54) is 24.0 Å². The molecule has 0 spiro atoms. The fraction of sp³-hybridized carbons (Fsp3) is 0.444. The molecule has 2 aromatic rings. The zero-order valence-corrected chi connectivity index (χ0v) is 16.0. The molecule has 5 nitrogen and oxygen atoms in total. The van der Waals surface area contributed by atoms with E-state index in [1.807, 2.05) is 6.07 Å². The third-order valence-electron chi connectivity index (χ3n) is 4.52. The Morgan fingerprint density at radius 2 is 2.12 bits per heavy atom. The van der Waals surface area contributed by atoms with Crippen LogP contribution in [-0.2, 0) is 11.3 Å². The van der Waals surface area contributed by atoms with Gasteiger partial charge < -0.3 is 9.64 Å². The smallest absolute Gasteiger partial charge is 0.351 e. The van der Waals surface area contributed by atoms with Gasteiger partial charge in [0.2, 0.25) is 0 Å². The van der Waals surface area contributed by atoms with Crippen LogP contribution in [0.2, 0.25) is 5.15 Å². The quantitative estimate of drug-likeness (QED) is 0.741. The molecule has 0 saturated carbocycles. The third kappa shape index (κ3) is 4.14. The molecule has 0 aliphatic carbocycles. The van der Waals surface area contributed by atoms with E-state index in [9.17, 15) is 4.79 Å². The minimum Gasteiger partial charge on any atom is -0.465 e. The van der Waals surface area contributed by atoms with Crippen LogP contribution >= 0.6 is 22.9 Å². The minimum atomic E-state index is -0.427. The SMILES string of the molecule is CCC1CN(c2nc(Cl)c(C(=O)OC)s2)CCN1Cc1ccccc1. The number of benzene rings is 1. The van der Waals surface area contributed by atoms with Crippen molar-refractivity contribution >= 4 is 34.0 Å². The van der Waals surface area contributed by atoms with Crippen LogP contribution in [-0.4, -0.2) is 48.6 Å². The highest BCUT2D eigenvalue weighted by atomic mass is 35.5. The Bertz CT molecular complexity index is 722. The molecule has 0 amide bonds. The van der Waals surface area contributed by atoms with Crippen molar-refractivity contribution < 1.29 is 9.53 Å². The lowest BCUT2D eigenvalue weighted by atomic mass is 10.1. The standard InChI is InChI=1S/C18H22ClN3O2S/c1-3-14-12-22(18-20-16(19)15(25-18)17(23)24-2)10-9-21(14)11-13-7-5-4-6-8-13/h4-8,14H,3,9-12H2,1-2H3. The van der Waals surface area contributed by atoms with Crippen molar-refractivity contribution in [3.8, 4) is 0 Å². The fourth-order valence-electron chi connectivity index (χ4n) is 3.12. The third-order valence-corrected chi connectivity index (χ3v) is 6.00. The van der Waals surface area contributed by atoms with Crippen LogP contribution in [0.5, 0.6) is 0 Å². The van der Waals surface area contributed by atoms with Gasteiger partial charge in [0.25, 0.3) is 0 Å². The van der Waals surface area contributed by atoms with Crippen LogP contribution < -0.4 is 4.90 Å². The molecule has 1 aliphatic rings. The van der Waals surface area contributed by atoms with Crippen LogP contribution in [0, 0.1) is 0 Å². The summed E-state index contributed by atoms with van der Waals surface area (Å²) in [5, 5.41) is 1.02. The number of ether oxygens (including phenoxy) is 1. The number of carbonyl (C=O) groups excluding carboxylic acids is 1. The van der Waals surface area contributed by atoms with Gasteiger partial charge in [0.1, 0.15) is 0 Å². The molecular formula is C18H22ClN3O2S. The maximum absolute atomic E-state index is 11.7. The predicted octanol–water partition coefficient (Wildman–Crippen LogP) is 3.68. The molecule has 25 heavy (non-hydrogen) atoms. The summed E-state index contributed by atoms with van der Waals surface area (Å²) >= 11 is 7.41. The minimum absolute atomic E-state index is 0.228. The van der Waals surface area contributed by atoms with E-state index in [4.69, 9.17) is 16.3 Å². The highest BCUT2D eigenvalue weighted by Gasteiger charge is 2.29. The van der Waals surface area contributed by atoms with Crippen molar-refractivity contribution in [3.05, 3.63) is 45.9 Å². The van der Waals surface area contributed by atoms with Gasteiger partial charge in [0, 0.05) is 32.2 Å². The average Bonchev–Trinajstić information content (AvgIpc) is 3.04. The van der Waals surface area contributed by atoms with E-state index in [1.54, 1.807) is 0 Å². The van der Waals surface area contributed by atoms with Crippen molar-refractivity contribution in [1.82, 2.24) is 9.88 Å². The molecule has 1 fully saturated rings. The molecule has 1 unspecified atom stereocenters. The van der Waals surface area contributed by atoms with Crippen molar-refractivity contribution in [2.24, 2.45) is 0 Å². The lowest BCUT2D eigenvalue weighted by Crippen LogP contribution is -2.52. The second kappa shape index (κ2) is 8.17. The Labute approximate surface area is 157 Å². The van der Waals surface area contributed by atoms with E-state index >= 15 is 0 Å². The molecule has 1 atom stereocenters. The fourth-order valence-corrected chi connectivity index (χ4v) is 4.36. The number of carbonyl (C=O) groups is 1. The van der Waals surface area contributed by atoms with Crippen molar-refractivity contribution in [1.29, 1.82) is 0 Å². The summed E-state index contributed by atoms with van der Waals surface area (Å²) in [7, 11) is 1.35. The number of piperazine rings is 1. The van der Waals surface area contributed by atoms with Gasteiger partial charge in [0.05, 0.1) is 7.11 Å². The van der Waals surface area contributed by atoms with Crippen molar-refractivity contribution in [2.45, 2.75) is 25.9 Å². The summed E-state index contributed by atoms with van der Waals surface area (Å²) in [6.07, 6.45) is 1.06. The van der Waals surface area contributed by atoms with Gasteiger partial charge in [-0.25, -0.2) is 9.78 Å². The number of rotatable bonds is 5. The summed E-state index contributed by atoms with van der Waals surface area (Å²) in [5.74, 6) is -0.427. The first kappa shape index (κ1) is 18.2. The summed E-state index contributed by atoms with van der Waals surface area (Å²) < 4.78 is 4.76. The molecule has 0 N–H and O–H groups in total. The average molecular weight is 380 g/mol. The molecule has 1 aromatic carbocycles. The van der Waals surface area contributed by atoms with Crippen LogP contribution in [0.3, 0.4) is 0 Å². The zero-order chi connectivity index (χ0) is 17.8. The largest absolute Gasteiger partial charge is 0.465 e. The van der Waals surface area contributed by atoms with E-state index < -0.39 is 5.97 Å². The number of nitrogens with zero attached hydrogens (tertiary/aromatic N) is 3. The summed E-state index contributed by atoms with van der Waals surface area (Å²) in [6, 6.07) is 11.0. The van der Waals surface area contributed by atoms with Crippen LogP contribution in [0.1, 0.15) is 28.6 Å². The molecule has 1 saturated heterocycles. The zero-order valence-electron chi connectivity index (χ0n) is 14.4. The summed E-state index contributed by atoms with van der Waals surface area (Å²) in [4.78, 5) is 21.2. The number of aromatic nitrogens is 1. The Morgan fingerprint density at radius 1 is 1.36 bits per heavy atom.